The maximum atomic E-state index is 12.9. The fraction of sp³-hybridized carbons (Fsp3) is 0.316. The number of benzene rings is 2. The Morgan fingerprint density at radius 2 is 1.86 bits per heavy atom. The van der Waals surface area contributed by atoms with Crippen LogP contribution in [0.15, 0.2) is 47.4 Å². The van der Waals surface area contributed by atoms with Gasteiger partial charge in [-0.05, 0) is 42.8 Å². The highest BCUT2D eigenvalue weighted by Gasteiger charge is 2.29. The number of halogens is 2. The van der Waals surface area contributed by atoms with Crippen LogP contribution in [0.4, 0.5) is 0 Å². The second kappa shape index (κ2) is 8.80. The molecule has 28 heavy (non-hydrogen) atoms. The highest BCUT2D eigenvalue weighted by atomic mass is 35.5. The van der Waals surface area contributed by atoms with Gasteiger partial charge in [-0.1, -0.05) is 35.3 Å². The topological polar surface area (TPSA) is 75.7 Å². The summed E-state index contributed by atoms with van der Waals surface area (Å²) in [5.41, 5.74) is 1.06. The monoisotopic (exact) mass is 442 g/mol. The van der Waals surface area contributed by atoms with Gasteiger partial charge >= 0.3 is 0 Å². The van der Waals surface area contributed by atoms with Crippen molar-refractivity contribution in [3.8, 4) is 0 Å². The van der Waals surface area contributed by atoms with Crippen LogP contribution in [0.3, 0.4) is 0 Å². The average molecular weight is 443 g/mol. The zero-order valence-corrected chi connectivity index (χ0v) is 17.5. The predicted octanol–water partition coefficient (Wildman–Crippen LogP) is 3.51. The summed E-state index contributed by atoms with van der Waals surface area (Å²) in [6.45, 7) is 2.98. The molecule has 6 nitrogen and oxygen atoms in total. The van der Waals surface area contributed by atoms with Crippen LogP contribution in [0, 0.1) is 0 Å². The van der Waals surface area contributed by atoms with Crippen LogP contribution >= 0.6 is 23.2 Å². The summed E-state index contributed by atoms with van der Waals surface area (Å²) in [6, 6.07) is 11.1. The largest absolute Gasteiger partial charge is 0.379 e. The lowest BCUT2D eigenvalue weighted by Gasteiger charge is -2.26. The lowest BCUT2D eigenvalue weighted by atomic mass is 10.1. The summed E-state index contributed by atoms with van der Waals surface area (Å²) in [4.78, 5) is 12.6. The van der Waals surface area contributed by atoms with Gasteiger partial charge in [0.2, 0.25) is 10.0 Å². The number of rotatable bonds is 5. The summed E-state index contributed by atoms with van der Waals surface area (Å²) in [7, 11) is -3.81. The van der Waals surface area contributed by atoms with Crippen molar-refractivity contribution < 1.29 is 17.9 Å². The van der Waals surface area contributed by atoms with E-state index in [1.807, 2.05) is 13.0 Å². The number of hydrogen-bond donors (Lipinski definition) is 1. The van der Waals surface area contributed by atoms with Crippen molar-refractivity contribution in [2.24, 2.45) is 0 Å². The third-order valence-electron chi connectivity index (χ3n) is 4.48. The van der Waals surface area contributed by atoms with E-state index in [1.54, 1.807) is 18.2 Å². The molecule has 0 aromatic heterocycles. The minimum absolute atomic E-state index is 0.0749. The lowest BCUT2D eigenvalue weighted by Crippen LogP contribution is -2.40. The normalized spacial score (nSPS) is 16.5. The first kappa shape index (κ1) is 21.1. The van der Waals surface area contributed by atoms with Crippen molar-refractivity contribution >= 4 is 39.1 Å². The van der Waals surface area contributed by atoms with Crippen LogP contribution < -0.4 is 5.32 Å². The SMILES string of the molecule is CC(NC(=O)c1ccc(Cl)c(S(=O)(=O)N2CCOCC2)c1)c1cccc(Cl)c1. The van der Waals surface area contributed by atoms with E-state index in [9.17, 15) is 13.2 Å². The Morgan fingerprint density at radius 1 is 1.14 bits per heavy atom. The van der Waals surface area contributed by atoms with E-state index in [2.05, 4.69) is 5.32 Å². The molecule has 1 amide bonds. The second-order valence-corrected chi connectivity index (χ2v) is 9.16. The molecule has 0 saturated carbocycles. The highest BCUT2D eigenvalue weighted by molar-refractivity contribution is 7.89. The van der Waals surface area contributed by atoms with Gasteiger partial charge in [0.25, 0.3) is 5.91 Å². The number of carbonyl (C=O) groups is 1. The van der Waals surface area contributed by atoms with Gasteiger partial charge in [-0.15, -0.1) is 0 Å². The molecule has 1 saturated heterocycles. The molecule has 0 bridgehead atoms. The first-order valence-corrected chi connectivity index (χ1v) is 10.9. The number of carbonyl (C=O) groups excluding carboxylic acids is 1. The fourth-order valence-electron chi connectivity index (χ4n) is 2.91. The van der Waals surface area contributed by atoms with E-state index in [0.29, 0.717) is 18.2 Å². The molecule has 1 unspecified atom stereocenters. The number of hydrogen-bond acceptors (Lipinski definition) is 4. The van der Waals surface area contributed by atoms with E-state index >= 15 is 0 Å². The predicted molar refractivity (Wildman–Crippen MR) is 108 cm³/mol. The molecular formula is C19H20Cl2N2O4S. The molecule has 3 rings (SSSR count). The van der Waals surface area contributed by atoms with Crippen LogP contribution in [0.5, 0.6) is 0 Å². The van der Waals surface area contributed by atoms with Gasteiger partial charge in [0.1, 0.15) is 4.90 Å². The second-order valence-electron chi connectivity index (χ2n) is 6.41. The molecule has 150 valence electrons. The van der Waals surface area contributed by atoms with Gasteiger partial charge in [-0.3, -0.25) is 4.79 Å². The average Bonchev–Trinajstić information content (AvgIpc) is 2.68. The van der Waals surface area contributed by atoms with E-state index in [-0.39, 0.29) is 34.6 Å². The summed E-state index contributed by atoms with van der Waals surface area (Å²) in [5.74, 6) is -0.400. The molecule has 1 fully saturated rings. The summed E-state index contributed by atoms with van der Waals surface area (Å²) in [5, 5.41) is 3.50. The Balaban J connectivity index is 1.83. The van der Waals surface area contributed by atoms with Gasteiger partial charge in [0.05, 0.1) is 24.3 Å². The molecule has 1 heterocycles. The zero-order valence-electron chi connectivity index (χ0n) is 15.2. The van der Waals surface area contributed by atoms with E-state index in [1.165, 1.54) is 22.5 Å². The third-order valence-corrected chi connectivity index (χ3v) is 7.09. The Hall–Kier alpha value is -1.64. The number of sulfonamides is 1. The van der Waals surface area contributed by atoms with Gasteiger partial charge < -0.3 is 10.1 Å². The minimum Gasteiger partial charge on any atom is -0.379 e. The summed E-state index contributed by atoms with van der Waals surface area (Å²) >= 11 is 12.1. The number of morpholine rings is 1. The van der Waals surface area contributed by atoms with E-state index < -0.39 is 15.9 Å². The van der Waals surface area contributed by atoms with Crippen LogP contribution in [0.1, 0.15) is 28.9 Å². The molecule has 0 radical (unpaired) electrons. The molecule has 1 aliphatic heterocycles. The van der Waals surface area contributed by atoms with Crippen molar-refractivity contribution in [1.82, 2.24) is 9.62 Å². The van der Waals surface area contributed by atoms with Crippen molar-refractivity contribution in [1.29, 1.82) is 0 Å². The van der Waals surface area contributed by atoms with E-state index in [0.717, 1.165) is 5.56 Å². The number of amides is 1. The van der Waals surface area contributed by atoms with Crippen molar-refractivity contribution in [2.45, 2.75) is 17.9 Å². The number of nitrogens with one attached hydrogen (secondary N) is 1. The van der Waals surface area contributed by atoms with E-state index in [4.69, 9.17) is 27.9 Å². The lowest BCUT2D eigenvalue weighted by molar-refractivity contribution is 0.0730. The molecule has 9 heteroatoms. The first-order chi connectivity index (χ1) is 13.3. The molecule has 2 aromatic carbocycles. The maximum absolute atomic E-state index is 12.9. The Labute approximate surface area is 174 Å². The van der Waals surface area contributed by atoms with Gasteiger partial charge in [-0.25, -0.2) is 8.42 Å². The Morgan fingerprint density at radius 3 is 2.54 bits per heavy atom. The van der Waals surface area contributed by atoms with Gasteiger partial charge in [-0.2, -0.15) is 4.31 Å². The molecule has 1 atom stereocenters. The maximum Gasteiger partial charge on any atom is 0.251 e. The van der Waals surface area contributed by atoms with Crippen LogP contribution in [-0.2, 0) is 14.8 Å². The van der Waals surface area contributed by atoms with Crippen LogP contribution in [0.25, 0.3) is 0 Å². The van der Waals surface area contributed by atoms with Gasteiger partial charge in [0, 0.05) is 23.7 Å². The molecule has 0 spiro atoms. The van der Waals surface area contributed by atoms with Crippen molar-refractivity contribution in [2.75, 3.05) is 26.3 Å². The standard InChI is InChI=1S/C19H20Cl2N2O4S/c1-13(14-3-2-4-16(20)11-14)22-19(24)15-5-6-17(21)18(12-15)28(25,26)23-7-9-27-10-8-23/h2-6,11-13H,7-10H2,1H3,(H,22,24). The third kappa shape index (κ3) is 4.67. The Kier molecular flexibility index (Phi) is 6.62. The van der Waals surface area contributed by atoms with Crippen molar-refractivity contribution in [3.05, 3.63) is 63.6 Å². The minimum atomic E-state index is -3.81. The first-order valence-electron chi connectivity index (χ1n) is 8.73. The number of ether oxygens (including phenoxy) is 1. The Bertz CT molecular complexity index is 976. The molecule has 2 aromatic rings. The molecule has 1 N–H and O–H groups in total. The molecule has 0 aliphatic carbocycles. The van der Waals surface area contributed by atoms with Crippen LogP contribution in [-0.4, -0.2) is 44.9 Å². The quantitative estimate of drug-likeness (QED) is 0.768. The smallest absolute Gasteiger partial charge is 0.251 e. The summed E-state index contributed by atoms with van der Waals surface area (Å²) < 4.78 is 32.3. The molecular weight excluding hydrogens is 423 g/mol. The summed E-state index contributed by atoms with van der Waals surface area (Å²) in [6.07, 6.45) is 0. The fourth-order valence-corrected chi connectivity index (χ4v) is 5.01. The van der Waals surface area contributed by atoms with Gasteiger partial charge in [0.15, 0.2) is 0 Å². The molecule has 1 aliphatic rings. The van der Waals surface area contributed by atoms with Crippen molar-refractivity contribution in [3.63, 3.8) is 0 Å². The zero-order chi connectivity index (χ0) is 20.3. The highest BCUT2D eigenvalue weighted by Crippen LogP contribution is 2.27. The van der Waals surface area contributed by atoms with Crippen LogP contribution in [0.2, 0.25) is 10.0 Å². The number of nitrogens with zero attached hydrogens (tertiary/aromatic N) is 1.